The van der Waals surface area contributed by atoms with Gasteiger partial charge in [-0.15, -0.1) is 0 Å². The van der Waals surface area contributed by atoms with Crippen molar-refractivity contribution in [1.29, 1.82) is 0 Å². The van der Waals surface area contributed by atoms with Gasteiger partial charge in [-0.2, -0.15) is 0 Å². The SMILES string of the molecule is CCC(CC(C)c1ccc(Cn2cnc3c(N)ncnc32)cc1)c1ccccc1. The van der Waals surface area contributed by atoms with E-state index in [0.29, 0.717) is 29.7 Å². The summed E-state index contributed by atoms with van der Waals surface area (Å²) in [5.41, 5.74) is 11.3. The lowest BCUT2D eigenvalue weighted by Gasteiger charge is -2.21. The molecule has 2 unspecified atom stereocenters. The summed E-state index contributed by atoms with van der Waals surface area (Å²) in [5, 5.41) is 0. The Morgan fingerprint density at radius 3 is 2.41 bits per heavy atom. The molecule has 0 radical (unpaired) electrons. The highest BCUT2D eigenvalue weighted by molar-refractivity contribution is 5.81. The standard InChI is InChI=1S/C24H27N5/c1-3-19(21-7-5-4-6-8-21)13-17(2)20-11-9-18(10-12-20)14-29-16-28-22-23(25)26-15-27-24(22)29/h4-12,15-17,19H,3,13-14H2,1-2H3,(H2,25,26,27). The number of nitrogens with two attached hydrogens (primary N) is 1. The monoisotopic (exact) mass is 385 g/mol. The molecule has 2 heterocycles. The second kappa shape index (κ2) is 8.43. The van der Waals surface area contributed by atoms with Crippen molar-refractivity contribution in [1.82, 2.24) is 19.5 Å². The van der Waals surface area contributed by atoms with Crippen molar-refractivity contribution in [2.75, 3.05) is 5.73 Å². The quantitative estimate of drug-likeness (QED) is 0.478. The number of hydrogen-bond acceptors (Lipinski definition) is 4. The summed E-state index contributed by atoms with van der Waals surface area (Å²) in [6, 6.07) is 19.7. The average molecular weight is 386 g/mol. The second-order valence-electron chi connectivity index (χ2n) is 7.70. The third-order valence-electron chi connectivity index (χ3n) is 5.73. The Hall–Kier alpha value is -3.21. The van der Waals surface area contributed by atoms with Crippen LogP contribution in [0.2, 0.25) is 0 Å². The number of hydrogen-bond donors (Lipinski definition) is 1. The number of fused-ring (bicyclic) bond motifs is 1. The van der Waals surface area contributed by atoms with Crippen LogP contribution in [0.3, 0.4) is 0 Å². The first-order chi connectivity index (χ1) is 14.2. The highest BCUT2D eigenvalue weighted by Gasteiger charge is 2.15. The van der Waals surface area contributed by atoms with E-state index in [1.54, 1.807) is 6.33 Å². The van der Waals surface area contributed by atoms with Gasteiger partial charge in [-0.05, 0) is 41.4 Å². The number of imidazole rings is 1. The Morgan fingerprint density at radius 2 is 1.69 bits per heavy atom. The number of anilines is 1. The number of nitrogen functional groups attached to an aromatic ring is 1. The van der Waals surface area contributed by atoms with Gasteiger partial charge in [0.05, 0.1) is 12.9 Å². The summed E-state index contributed by atoms with van der Waals surface area (Å²) in [6.45, 7) is 5.31. The smallest absolute Gasteiger partial charge is 0.165 e. The molecule has 0 saturated heterocycles. The minimum Gasteiger partial charge on any atom is -0.382 e. The first-order valence-electron chi connectivity index (χ1n) is 10.2. The van der Waals surface area contributed by atoms with E-state index in [-0.39, 0.29) is 0 Å². The van der Waals surface area contributed by atoms with Crippen LogP contribution in [-0.4, -0.2) is 19.5 Å². The van der Waals surface area contributed by atoms with Gasteiger partial charge in [-0.1, -0.05) is 68.4 Å². The highest BCUT2D eigenvalue weighted by Crippen LogP contribution is 2.32. The van der Waals surface area contributed by atoms with Crippen LogP contribution < -0.4 is 5.73 Å². The molecule has 0 amide bonds. The topological polar surface area (TPSA) is 69.6 Å². The van der Waals surface area contributed by atoms with E-state index in [2.05, 4.69) is 83.4 Å². The Kier molecular flexibility index (Phi) is 5.56. The Labute approximate surface area is 171 Å². The van der Waals surface area contributed by atoms with E-state index in [0.717, 1.165) is 18.5 Å². The zero-order valence-corrected chi connectivity index (χ0v) is 17.0. The third-order valence-corrected chi connectivity index (χ3v) is 5.73. The van der Waals surface area contributed by atoms with Crippen molar-refractivity contribution in [3.63, 3.8) is 0 Å². The summed E-state index contributed by atoms with van der Waals surface area (Å²) >= 11 is 0. The van der Waals surface area contributed by atoms with Crippen molar-refractivity contribution >= 4 is 17.0 Å². The van der Waals surface area contributed by atoms with E-state index >= 15 is 0 Å². The molecule has 0 bridgehead atoms. The summed E-state index contributed by atoms with van der Waals surface area (Å²) < 4.78 is 2.01. The molecule has 2 aromatic carbocycles. The van der Waals surface area contributed by atoms with Crippen LogP contribution in [0.4, 0.5) is 5.82 Å². The summed E-state index contributed by atoms with van der Waals surface area (Å²) in [6.07, 6.45) is 5.57. The fourth-order valence-electron chi connectivity index (χ4n) is 3.99. The molecule has 0 fully saturated rings. The van der Waals surface area contributed by atoms with Gasteiger partial charge in [0.2, 0.25) is 0 Å². The van der Waals surface area contributed by atoms with E-state index in [9.17, 15) is 0 Å². The van der Waals surface area contributed by atoms with Crippen LogP contribution in [0.15, 0.2) is 67.3 Å². The number of nitrogens with zero attached hydrogens (tertiary/aromatic N) is 4. The Bertz CT molecular complexity index is 1070. The van der Waals surface area contributed by atoms with Gasteiger partial charge >= 0.3 is 0 Å². The number of rotatable bonds is 7. The first-order valence-corrected chi connectivity index (χ1v) is 10.2. The van der Waals surface area contributed by atoms with Crippen LogP contribution in [0, 0.1) is 0 Å². The van der Waals surface area contributed by atoms with Crippen LogP contribution in [0.25, 0.3) is 11.2 Å². The predicted molar refractivity (Wildman–Crippen MR) is 118 cm³/mol. The molecule has 2 aromatic heterocycles. The molecule has 4 rings (SSSR count). The highest BCUT2D eigenvalue weighted by atomic mass is 15.1. The van der Waals surface area contributed by atoms with E-state index in [1.807, 2.05) is 4.57 Å². The van der Waals surface area contributed by atoms with Crippen molar-refractivity contribution in [2.24, 2.45) is 0 Å². The van der Waals surface area contributed by atoms with Gasteiger partial charge in [0.1, 0.15) is 11.8 Å². The van der Waals surface area contributed by atoms with Gasteiger partial charge in [-0.3, -0.25) is 0 Å². The fourth-order valence-corrected chi connectivity index (χ4v) is 3.99. The molecular weight excluding hydrogens is 358 g/mol. The van der Waals surface area contributed by atoms with E-state index < -0.39 is 0 Å². The van der Waals surface area contributed by atoms with Crippen molar-refractivity contribution in [3.05, 3.63) is 83.9 Å². The molecule has 2 N–H and O–H groups in total. The maximum Gasteiger partial charge on any atom is 0.165 e. The maximum absolute atomic E-state index is 5.88. The normalized spacial score (nSPS) is 13.4. The van der Waals surface area contributed by atoms with Crippen LogP contribution in [0.1, 0.15) is 55.2 Å². The molecule has 0 aliphatic heterocycles. The van der Waals surface area contributed by atoms with Gasteiger partial charge in [-0.25, -0.2) is 15.0 Å². The molecule has 0 aliphatic carbocycles. The second-order valence-corrected chi connectivity index (χ2v) is 7.70. The Morgan fingerprint density at radius 1 is 0.931 bits per heavy atom. The minimum absolute atomic E-state index is 0.418. The van der Waals surface area contributed by atoms with Crippen molar-refractivity contribution in [3.8, 4) is 0 Å². The predicted octanol–water partition coefficient (Wildman–Crippen LogP) is 5.14. The molecular formula is C24H27N5. The molecule has 29 heavy (non-hydrogen) atoms. The van der Waals surface area contributed by atoms with Gasteiger partial charge in [0.15, 0.2) is 11.5 Å². The summed E-state index contributed by atoms with van der Waals surface area (Å²) in [7, 11) is 0. The molecule has 148 valence electrons. The molecule has 0 spiro atoms. The first kappa shape index (κ1) is 19.1. The van der Waals surface area contributed by atoms with Crippen LogP contribution >= 0.6 is 0 Å². The molecule has 0 aliphatic rings. The van der Waals surface area contributed by atoms with E-state index in [4.69, 9.17) is 5.73 Å². The van der Waals surface area contributed by atoms with Crippen LogP contribution in [-0.2, 0) is 6.54 Å². The zero-order valence-electron chi connectivity index (χ0n) is 17.0. The largest absolute Gasteiger partial charge is 0.382 e. The third kappa shape index (κ3) is 4.14. The number of aromatic nitrogens is 4. The minimum atomic E-state index is 0.418. The van der Waals surface area contributed by atoms with E-state index in [1.165, 1.54) is 23.0 Å². The lowest BCUT2D eigenvalue weighted by molar-refractivity contribution is 0.544. The molecule has 2 atom stereocenters. The lowest BCUT2D eigenvalue weighted by Crippen LogP contribution is -2.04. The molecule has 0 saturated carbocycles. The molecule has 4 aromatic rings. The van der Waals surface area contributed by atoms with Gasteiger partial charge < -0.3 is 10.3 Å². The fraction of sp³-hybridized carbons (Fsp3) is 0.292. The molecule has 5 nitrogen and oxygen atoms in total. The summed E-state index contributed by atoms with van der Waals surface area (Å²) in [4.78, 5) is 12.7. The van der Waals surface area contributed by atoms with Gasteiger partial charge in [0.25, 0.3) is 0 Å². The van der Waals surface area contributed by atoms with Crippen LogP contribution in [0.5, 0.6) is 0 Å². The van der Waals surface area contributed by atoms with Gasteiger partial charge in [0, 0.05) is 0 Å². The van der Waals surface area contributed by atoms with Crippen molar-refractivity contribution < 1.29 is 0 Å². The lowest BCUT2D eigenvalue weighted by atomic mass is 9.84. The molecule has 5 heteroatoms. The Balaban J connectivity index is 1.46. The van der Waals surface area contributed by atoms with Crippen molar-refractivity contribution in [2.45, 2.75) is 45.1 Å². The zero-order chi connectivity index (χ0) is 20.2. The maximum atomic E-state index is 5.88. The number of benzene rings is 2. The summed E-state index contributed by atoms with van der Waals surface area (Å²) in [5.74, 6) is 1.52. The average Bonchev–Trinajstić information content (AvgIpc) is 3.17.